The molecular weight excluding hydrogens is 104 g/mol. The maximum absolute atomic E-state index is 8.00. The molecule has 1 N–H and O–H groups in total. The fraction of sp³-hybridized carbons (Fsp3) is 0.500. The average molecular weight is 120 g/mol. The normalized spacial score (nSPS) is 2.50. The molecule has 2 heteroatoms. The van der Waals surface area contributed by atoms with E-state index in [1.54, 1.807) is 0 Å². The lowest BCUT2D eigenvalue weighted by molar-refractivity contribution is -0.0979. The van der Waals surface area contributed by atoms with Gasteiger partial charge in [0, 0.05) is 7.11 Å². The molecule has 2 nitrogen and oxygen atoms in total. The third-order valence-corrected chi connectivity index (χ3v) is 0. The van der Waals surface area contributed by atoms with E-state index in [-0.39, 0.29) is 0 Å². The highest BCUT2D eigenvalue weighted by atomic mass is 16.2. The fourth-order valence-electron chi connectivity index (χ4n) is 0. The van der Waals surface area contributed by atoms with Crippen LogP contribution in [0.25, 0.3) is 0 Å². The summed E-state index contributed by atoms with van der Waals surface area (Å²) in [5.74, 6) is 0. The number of carbonyl (C=O) groups is 1. The van der Waals surface area contributed by atoms with Gasteiger partial charge in [-0.05, 0) is 0 Å². The van der Waals surface area contributed by atoms with Crippen LogP contribution in [0.4, 0.5) is 0 Å². The second-order valence-electron chi connectivity index (χ2n) is 0. The first-order valence-electron chi connectivity index (χ1n) is 2.24. The summed E-state index contributed by atoms with van der Waals surface area (Å²) in [7, 11) is 1.00. The van der Waals surface area contributed by atoms with Gasteiger partial charge in [0.1, 0.15) is 6.79 Å². The van der Waals surface area contributed by atoms with E-state index in [1.807, 2.05) is 20.6 Å². The Hall–Kier alpha value is -0.630. The van der Waals surface area contributed by atoms with Gasteiger partial charge in [-0.25, -0.2) is 0 Å². The predicted octanol–water partition coefficient (Wildman–Crippen LogP) is 1.25. The minimum Gasteiger partial charge on any atom is -0.400 e. The predicted molar refractivity (Wildman–Crippen MR) is 37.9 cm³/mol. The van der Waals surface area contributed by atoms with Crippen LogP contribution in [0.2, 0.25) is 0 Å². The van der Waals surface area contributed by atoms with Gasteiger partial charge in [-0.3, -0.25) is 0 Å². The smallest absolute Gasteiger partial charge is 0.106 e. The molecule has 0 atom stereocenters. The SMILES string of the molecule is C=C.C=O.CC.CO. The van der Waals surface area contributed by atoms with Crippen LogP contribution < -0.4 is 0 Å². The molecule has 0 radical (unpaired) electrons. The molecule has 0 rings (SSSR count). The zero-order valence-corrected chi connectivity index (χ0v) is 5.98. The Kier molecular flexibility index (Phi) is 1520. The largest absolute Gasteiger partial charge is 0.400 e. The second kappa shape index (κ2) is 463. The second-order valence-corrected chi connectivity index (χ2v) is 0. The highest BCUT2D eigenvalue weighted by molar-refractivity contribution is 5.10. The van der Waals surface area contributed by atoms with Crippen LogP contribution in [0.1, 0.15) is 13.8 Å². The minimum absolute atomic E-state index is 1.00. The van der Waals surface area contributed by atoms with E-state index in [9.17, 15) is 0 Å². The lowest BCUT2D eigenvalue weighted by Crippen LogP contribution is -1.25. The van der Waals surface area contributed by atoms with Gasteiger partial charge in [0.2, 0.25) is 0 Å². The molecule has 0 bridgehead atoms. The molecular formula is C6H16O2. The van der Waals surface area contributed by atoms with Crippen molar-refractivity contribution in [1.29, 1.82) is 0 Å². The Bertz CT molecular complexity index is 8.49. The van der Waals surface area contributed by atoms with Crippen molar-refractivity contribution in [1.82, 2.24) is 0 Å². The molecule has 0 saturated heterocycles. The van der Waals surface area contributed by atoms with Crippen LogP contribution in [0.3, 0.4) is 0 Å². The van der Waals surface area contributed by atoms with Crippen LogP contribution in [-0.2, 0) is 4.79 Å². The van der Waals surface area contributed by atoms with E-state index in [0.717, 1.165) is 7.11 Å². The third-order valence-electron chi connectivity index (χ3n) is 0. The highest BCUT2D eigenvalue weighted by Gasteiger charge is 0.932. The molecule has 0 unspecified atom stereocenters. The quantitative estimate of drug-likeness (QED) is 0.488. The summed E-state index contributed by atoms with van der Waals surface area (Å²) in [6.45, 7) is 12.0. The summed E-state index contributed by atoms with van der Waals surface area (Å²) in [5.41, 5.74) is 0. The maximum Gasteiger partial charge on any atom is 0.106 e. The summed E-state index contributed by atoms with van der Waals surface area (Å²) < 4.78 is 0. The van der Waals surface area contributed by atoms with Crippen molar-refractivity contribution in [2.24, 2.45) is 0 Å². The lowest BCUT2D eigenvalue weighted by atomic mass is 11.0. The third kappa shape index (κ3) is 258. The van der Waals surface area contributed by atoms with Crippen LogP contribution in [0.5, 0.6) is 0 Å². The molecule has 0 aliphatic rings. The van der Waals surface area contributed by atoms with Gasteiger partial charge in [0.25, 0.3) is 0 Å². The van der Waals surface area contributed by atoms with E-state index in [2.05, 4.69) is 13.2 Å². The van der Waals surface area contributed by atoms with Crippen LogP contribution in [-0.4, -0.2) is 19.0 Å². The fourth-order valence-corrected chi connectivity index (χ4v) is 0. The van der Waals surface area contributed by atoms with Crippen molar-refractivity contribution in [3.63, 3.8) is 0 Å². The van der Waals surface area contributed by atoms with Gasteiger partial charge < -0.3 is 9.90 Å². The Morgan fingerprint density at radius 2 is 1.00 bits per heavy atom. The van der Waals surface area contributed by atoms with E-state index in [0.29, 0.717) is 0 Å². The molecule has 0 fully saturated rings. The summed E-state index contributed by atoms with van der Waals surface area (Å²) >= 11 is 0. The van der Waals surface area contributed by atoms with Crippen molar-refractivity contribution in [3.8, 4) is 0 Å². The van der Waals surface area contributed by atoms with Gasteiger partial charge in [0.15, 0.2) is 0 Å². The molecule has 0 aromatic rings. The van der Waals surface area contributed by atoms with Gasteiger partial charge >= 0.3 is 0 Å². The number of aliphatic hydroxyl groups is 1. The number of rotatable bonds is 0. The van der Waals surface area contributed by atoms with Crippen molar-refractivity contribution in [2.75, 3.05) is 7.11 Å². The van der Waals surface area contributed by atoms with Gasteiger partial charge in [0.05, 0.1) is 0 Å². The molecule has 0 amide bonds. The molecule has 0 saturated carbocycles. The molecule has 0 aliphatic carbocycles. The van der Waals surface area contributed by atoms with E-state index < -0.39 is 0 Å². The first-order chi connectivity index (χ1) is 4.00. The van der Waals surface area contributed by atoms with Crippen LogP contribution >= 0.6 is 0 Å². The summed E-state index contributed by atoms with van der Waals surface area (Å²) in [5, 5.41) is 7.00. The first kappa shape index (κ1) is 26.3. The van der Waals surface area contributed by atoms with Crippen LogP contribution in [0.15, 0.2) is 13.2 Å². The lowest BCUT2D eigenvalue weighted by Gasteiger charge is -1.21. The number of carbonyl (C=O) groups excluding carboxylic acids is 1. The Labute approximate surface area is 51.8 Å². The van der Waals surface area contributed by atoms with Crippen molar-refractivity contribution in [3.05, 3.63) is 13.2 Å². The van der Waals surface area contributed by atoms with Crippen molar-refractivity contribution >= 4 is 6.79 Å². The number of hydrogen-bond acceptors (Lipinski definition) is 2. The molecule has 8 heavy (non-hydrogen) atoms. The molecule has 0 aromatic carbocycles. The minimum atomic E-state index is 1.00. The summed E-state index contributed by atoms with van der Waals surface area (Å²) in [6, 6.07) is 0. The van der Waals surface area contributed by atoms with E-state index in [1.165, 1.54) is 0 Å². The van der Waals surface area contributed by atoms with E-state index >= 15 is 0 Å². The number of aliphatic hydroxyl groups excluding tert-OH is 1. The average Bonchev–Trinajstić information content (AvgIpc) is 2.03. The van der Waals surface area contributed by atoms with Crippen molar-refractivity contribution in [2.45, 2.75) is 13.8 Å². The first-order valence-corrected chi connectivity index (χ1v) is 2.24. The standard InChI is InChI=1S/C2H6.C2H4.CH4O.CH2O/c4*1-2/h1-2H3;1-2H2;2H,1H3;1H2. The van der Waals surface area contributed by atoms with E-state index in [4.69, 9.17) is 9.90 Å². The molecule has 0 spiro atoms. The molecule has 52 valence electrons. The molecule has 0 aliphatic heterocycles. The summed E-state index contributed by atoms with van der Waals surface area (Å²) in [6.07, 6.45) is 0. The Morgan fingerprint density at radius 3 is 1.00 bits per heavy atom. The molecule has 0 aromatic heterocycles. The van der Waals surface area contributed by atoms with Gasteiger partial charge in [-0.1, -0.05) is 13.8 Å². The van der Waals surface area contributed by atoms with Gasteiger partial charge in [-0.2, -0.15) is 0 Å². The van der Waals surface area contributed by atoms with Crippen molar-refractivity contribution < 1.29 is 9.90 Å². The van der Waals surface area contributed by atoms with Gasteiger partial charge in [-0.15, -0.1) is 13.2 Å². The molecule has 0 heterocycles. The monoisotopic (exact) mass is 120 g/mol. The Morgan fingerprint density at radius 1 is 1.00 bits per heavy atom. The zero-order valence-electron chi connectivity index (χ0n) is 5.98. The van der Waals surface area contributed by atoms with Crippen LogP contribution in [0, 0.1) is 0 Å². The topological polar surface area (TPSA) is 37.3 Å². The highest BCUT2D eigenvalue weighted by Crippen LogP contribution is 1.14. The maximum atomic E-state index is 8.00. The Balaban J connectivity index is -0.0000000133. The zero-order chi connectivity index (χ0) is 8.00. The summed E-state index contributed by atoms with van der Waals surface area (Å²) in [4.78, 5) is 8.00. The number of hydrogen-bond donors (Lipinski definition) is 1.